The van der Waals surface area contributed by atoms with Crippen LogP contribution in [0.25, 0.3) is 135 Å². The number of benzene rings is 10. The fourth-order valence-corrected chi connectivity index (χ4v) is 12.8. The van der Waals surface area contributed by atoms with E-state index in [0.29, 0.717) is 0 Å². The van der Waals surface area contributed by atoms with E-state index >= 15 is 0 Å². The van der Waals surface area contributed by atoms with Gasteiger partial charge in [0.2, 0.25) is 0 Å². The number of pyridine rings is 2. The fourth-order valence-electron chi connectivity index (χ4n) is 12.8. The van der Waals surface area contributed by atoms with Crippen LogP contribution in [0.5, 0.6) is 0 Å². The summed E-state index contributed by atoms with van der Waals surface area (Å²) >= 11 is 0. The predicted octanol–water partition coefficient (Wildman–Crippen LogP) is 19.6. The third-order valence-corrected chi connectivity index (χ3v) is 17.2. The summed E-state index contributed by atoms with van der Waals surface area (Å²) in [5, 5.41) is 11.1. The highest BCUT2D eigenvalue weighted by atomic mass is 16.6. The Morgan fingerprint density at radius 1 is 0.296 bits per heavy atom. The van der Waals surface area contributed by atoms with Crippen molar-refractivity contribution in [3.8, 4) is 77.9 Å². The van der Waals surface area contributed by atoms with Gasteiger partial charge in [0, 0.05) is 32.7 Å². The zero-order valence-corrected chi connectivity index (χ0v) is 45.4. The SMILES string of the molecule is CC1(C)c2cc(-c3ccccc3)ccc2-c2ccc(-c3cc(/C=C/c4ccc5ccccc5n4)c(-c4ccc5c(c4)C(C)(C)c4cc(-c6ccc(-c7ccccc7)c7nonc67)ccc4-5)cc3/C=C/c3ccc4ccccc4n3)cc21. The number of hydrogen-bond acceptors (Lipinski definition) is 5. The fraction of sp³-hybridized carbons (Fsp3) is 0.0789. The smallest absolute Gasteiger partial charge is 0.143 e. The summed E-state index contributed by atoms with van der Waals surface area (Å²) in [6.45, 7) is 9.46. The van der Waals surface area contributed by atoms with Crippen LogP contribution in [0.3, 0.4) is 0 Å². The predicted molar refractivity (Wildman–Crippen MR) is 335 cm³/mol. The highest BCUT2D eigenvalue weighted by molar-refractivity contribution is 6.01. The molecule has 0 radical (unpaired) electrons. The number of nitrogens with zero attached hydrogens (tertiary/aromatic N) is 4. The Morgan fingerprint density at radius 3 is 1.14 bits per heavy atom. The van der Waals surface area contributed by atoms with Crippen molar-refractivity contribution >= 4 is 57.1 Å². The van der Waals surface area contributed by atoms with Gasteiger partial charge in [-0.05, 0) is 183 Å². The standard InChI is InChI=1S/C76H54N4O/c1-75(2)67-43-51(47-15-7-5-8-16-47)27-35-61(67)63-37-29-55(45-69(63)75)65-41-53(26-34-58-32-24-50-20-12-14-22-72(50)78-58)66(42-52(65)25-33-57-31-23-49-19-11-13-21-71(49)77-57)56-30-38-64-62-36-28-54(44-68(62)76(3,4)70(64)46-56)60-40-39-59(48-17-9-6-10-18-48)73-74(60)80-81-79-73/h5-46H,1-4H3/b33-25+,34-26+. The first kappa shape index (κ1) is 48.1. The van der Waals surface area contributed by atoms with E-state index in [2.05, 4.69) is 275 Å². The molecule has 2 aliphatic carbocycles. The van der Waals surface area contributed by atoms with Crippen LogP contribution in [-0.2, 0) is 10.8 Å². The zero-order chi connectivity index (χ0) is 54.4. The third kappa shape index (κ3) is 8.15. The molecular weight excluding hydrogens is 985 g/mol. The number of fused-ring (bicyclic) bond motifs is 9. The number of para-hydroxylation sites is 2. The van der Waals surface area contributed by atoms with E-state index in [1.807, 2.05) is 18.2 Å². The van der Waals surface area contributed by atoms with Crippen molar-refractivity contribution in [1.29, 1.82) is 0 Å². The lowest BCUT2D eigenvalue weighted by atomic mass is 9.79. The van der Waals surface area contributed by atoms with Crippen LogP contribution in [0.2, 0.25) is 0 Å². The van der Waals surface area contributed by atoms with Crippen molar-refractivity contribution in [2.75, 3.05) is 0 Å². The van der Waals surface area contributed by atoms with Crippen molar-refractivity contribution in [3.05, 3.63) is 275 Å². The molecule has 0 spiro atoms. The van der Waals surface area contributed by atoms with Gasteiger partial charge in [-0.1, -0.05) is 210 Å². The second-order valence-electron chi connectivity index (χ2n) is 22.7. The van der Waals surface area contributed by atoms with Gasteiger partial charge in [0.05, 0.1) is 22.4 Å². The van der Waals surface area contributed by atoms with Gasteiger partial charge >= 0.3 is 0 Å². The van der Waals surface area contributed by atoms with Gasteiger partial charge in [0.15, 0.2) is 0 Å². The van der Waals surface area contributed by atoms with Gasteiger partial charge in [-0.15, -0.1) is 0 Å². The maximum atomic E-state index is 5.43. The molecule has 3 aromatic heterocycles. The van der Waals surface area contributed by atoms with Crippen molar-refractivity contribution in [1.82, 2.24) is 20.3 Å². The number of aromatic nitrogens is 4. The Morgan fingerprint density at radius 2 is 0.667 bits per heavy atom. The molecule has 0 N–H and O–H groups in total. The molecule has 3 heterocycles. The van der Waals surface area contributed by atoms with Crippen LogP contribution in [-0.4, -0.2) is 20.3 Å². The molecular formula is C76H54N4O. The minimum absolute atomic E-state index is 0.233. The molecule has 2 aliphatic rings. The first-order valence-electron chi connectivity index (χ1n) is 27.8. The van der Waals surface area contributed by atoms with Gasteiger partial charge in [-0.3, -0.25) is 0 Å². The molecule has 15 rings (SSSR count). The number of hydrogen-bond donors (Lipinski definition) is 0. The van der Waals surface area contributed by atoms with Crippen molar-refractivity contribution in [2.24, 2.45) is 0 Å². The average Bonchev–Trinajstić information content (AvgIpc) is 4.39. The molecule has 0 amide bonds. The Balaban J connectivity index is 0.878. The minimum Gasteiger partial charge on any atom is -0.248 e. The molecule has 384 valence electrons. The molecule has 5 nitrogen and oxygen atoms in total. The maximum Gasteiger partial charge on any atom is 0.143 e. The maximum absolute atomic E-state index is 5.43. The molecule has 0 saturated heterocycles. The van der Waals surface area contributed by atoms with Crippen molar-refractivity contribution in [2.45, 2.75) is 38.5 Å². The second kappa shape index (κ2) is 18.8. The molecule has 0 fully saturated rings. The topological polar surface area (TPSA) is 64.7 Å². The lowest BCUT2D eigenvalue weighted by Crippen LogP contribution is -2.15. The lowest BCUT2D eigenvalue weighted by molar-refractivity contribution is 0.315. The third-order valence-electron chi connectivity index (χ3n) is 17.2. The molecule has 0 unspecified atom stereocenters. The summed E-state index contributed by atoms with van der Waals surface area (Å²) in [5.41, 5.74) is 28.3. The molecule has 81 heavy (non-hydrogen) atoms. The molecule has 0 atom stereocenters. The summed E-state index contributed by atoms with van der Waals surface area (Å²) in [7, 11) is 0. The van der Waals surface area contributed by atoms with Gasteiger partial charge in [0.25, 0.3) is 0 Å². The quantitative estimate of drug-likeness (QED) is 0.144. The summed E-state index contributed by atoms with van der Waals surface area (Å²) in [6, 6.07) is 83.3. The van der Waals surface area contributed by atoms with Gasteiger partial charge in [-0.25, -0.2) is 14.6 Å². The van der Waals surface area contributed by atoms with E-state index in [1.165, 1.54) is 55.6 Å². The summed E-state index contributed by atoms with van der Waals surface area (Å²) in [6.07, 6.45) is 8.85. The molecule has 0 bridgehead atoms. The average molecular weight is 1040 g/mol. The molecule has 0 saturated carbocycles. The molecule has 5 heteroatoms. The van der Waals surface area contributed by atoms with Crippen molar-refractivity contribution in [3.63, 3.8) is 0 Å². The monoisotopic (exact) mass is 1040 g/mol. The summed E-state index contributed by atoms with van der Waals surface area (Å²) in [5.74, 6) is 0. The highest BCUT2D eigenvalue weighted by Gasteiger charge is 2.38. The molecule has 10 aromatic carbocycles. The minimum atomic E-state index is -0.325. The van der Waals surface area contributed by atoms with E-state index < -0.39 is 0 Å². The Bertz CT molecular complexity index is 4750. The first-order chi connectivity index (χ1) is 39.6. The van der Waals surface area contributed by atoms with Crippen LogP contribution >= 0.6 is 0 Å². The van der Waals surface area contributed by atoms with Crippen LogP contribution in [0.1, 0.15) is 72.5 Å². The normalized spacial score (nSPS) is 13.8. The van der Waals surface area contributed by atoms with E-state index in [0.717, 1.165) is 99.9 Å². The Hall–Kier alpha value is -10.1. The van der Waals surface area contributed by atoms with E-state index in [-0.39, 0.29) is 10.8 Å². The van der Waals surface area contributed by atoms with Gasteiger partial charge in [0.1, 0.15) is 11.0 Å². The highest BCUT2D eigenvalue weighted by Crippen LogP contribution is 2.53. The lowest BCUT2D eigenvalue weighted by Gasteiger charge is -2.24. The zero-order valence-electron chi connectivity index (χ0n) is 45.4. The van der Waals surface area contributed by atoms with E-state index in [4.69, 9.17) is 14.6 Å². The molecule has 0 aliphatic heterocycles. The largest absolute Gasteiger partial charge is 0.248 e. The van der Waals surface area contributed by atoms with Crippen LogP contribution < -0.4 is 0 Å². The van der Waals surface area contributed by atoms with Crippen LogP contribution in [0.4, 0.5) is 0 Å². The van der Waals surface area contributed by atoms with Gasteiger partial charge < -0.3 is 0 Å². The van der Waals surface area contributed by atoms with E-state index in [1.54, 1.807) is 0 Å². The van der Waals surface area contributed by atoms with Crippen LogP contribution in [0.15, 0.2) is 235 Å². The number of rotatable bonds is 9. The van der Waals surface area contributed by atoms with Gasteiger partial charge in [-0.2, -0.15) is 0 Å². The Kier molecular flexibility index (Phi) is 11.1. The summed E-state index contributed by atoms with van der Waals surface area (Å²) < 4.78 is 5.43. The van der Waals surface area contributed by atoms with Crippen molar-refractivity contribution < 1.29 is 4.63 Å². The molecule has 13 aromatic rings. The second-order valence-corrected chi connectivity index (χ2v) is 22.7. The summed E-state index contributed by atoms with van der Waals surface area (Å²) in [4.78, 5) is 10.2. The first-order valence-corrected chi connectivity index (χ1v) is 27.8. The van der Waals surface area contributed by atoms with Crippen LogP contribution in [0, 0.1) is 0 Å². The Labute approximate surface area is 471 Å². The van der Waals surface area contributed by atoms with E-state index in [9.17, 15) is 0 Å².